The monoisotopic (exact) mass is 394 g/mol. The van der Waals surface area contributed by atoms with Gasteiger partial charge >= 0.3 is 10.4 Å². The molecule has 0 amide bonds. The molecule has 7 nitrogen and oxygen atoms in total. The fraction of sp³-hybridized carbons (Fsp3) is 0. The summed E-state index contributed by atoms with van der Waals surface area (Å²) in [7, 11) is -4.77. The fourth-order valence-electron chi connectivity index (χ4n) is 2.96. The minimum Gasteiger partial charge on any atom is -0.506 e. The van der Waals surface area contributed by atoms with Crippen LogP contribution in [0, 0.1) is 0 Å². The van der Waals surface area contributed by atoms with E-state index in [4.69, 9.17) is 8.74 Å². The quantitative estimate of drug-likeness (QED) is 0.361. The fourth-order valence-corrected chi connectivity index (χ4v) is 3.34. The van der Waals surface area contributed by atoms with E-state index in [0.717, 1.165) is 5.39 Å². The van der Waals surface area contributed by atoms with Gasteiger partial charge in [-0.15, -0.1) is 10.2 Å². The Morgan fingerprint density at radius 2 is 1.36 bits per heavy atom. The summed E-state index contributed by atoms with van der Waals surface area (Å²) >= 11 is 0. The molecule has 8 heteroatoms. The van der Waals surface area contributed by atoms with Crippen molar-refractivity contribution in [2.75, 3.05) is 0 Å². The average Bonchev–Trinajstić information content (AvgIpc) is 2.67. The predicted octanol–water partition coefficient (Wildman–Crippen LogP) is 5.30. The van der Waals surface area contributed by atoms with E-state index in [1.165, 1.54) is 12.1 Å². The number of benzene rings is 4. The lowest BCUT2D eigenvalue weighted by molar-refractivity contribution is 0.388. The minimum absolute atomic E-state index is 0.0690. The van der Waals surface area contributed by atoms with Gasteiger partial charge in [0.15, 0.2) is 5.75 Å². The first-order valence-corrected chi connectivity index (χ1v) is 9.60. The van der Waals surface area contributed by atoms with Crippen LogP contribution in [0.15, 0.2) is 83.0 Å². The van der Waals surface area contributed by atoms with Crippen molar-refractivity contribution in [3.05, 3.63) is 72.8 Å². The second-order valence-corrected chi connectivity index (χ2v) is 7.02. The Bertz CT molecular complexity index is 1330. The number of phenolic OH excluding ortho intramolecular Hbond substituents is 1. The van der Waals surface area contributed by atoms with E-state index in [1.807, 2.05) is 18.2 Å². The van der Waals surface area contributed by atoms with E-state index in [2.05, 4.69) is 10.2 Å². The van der Waals surface area contributed by atoms with Crippen LogP contribution in [-0.2, 0) is 10.4 Å². The molecule has 0 aromatic heterocycles. The molecule has 0 unspecified atom stereocenters. The number of nitrogens with zero attached hydrogens (tertiary/aromatic N) is 2. The van der Waals surface area contributed by atoms with Crippen LogP contribution in [-0.4, -0.2) is 18.1 Å². The molecular formula is C20H14N2O5S. The van der Waals surface area contributed by atoms with Crippen LogP contribution in [0.1, 0.15) is 0 Å². The number of aromatic hydroxyl groups is 1. The van der Waals surface area contributed by atoms with Crippen molar-refractivity contribution < 1.29 is 22.3 Å². The van der Waals surface area contributed by atoms with E-state index < -0.39 is 10.4 Å². The van der Waals surface area contributed by atoms with Crippen LogP contribution in [0.3, 0.4) is 0 Å². The highest BCUT2D eigenvalue weighted by Crippen LogP contribution is 2.40. The maximum Gasteiger partial charge on any atom is 0.446 e. The van der Waals surface area contributed by atoms with Crippen LogP contribution in [0.25, 0.3) is 21.5 Å². The van der Waals surface area contributed by atoms with Gasteiger partial charge in [-0.05, 0) is 22.9 Å². The summed E-state index contributed by atoms with van der Waals surface area (Å²) in [5.41, 5.74) is 0.327. The Hall–Kier alpha value is -3.49. The van der Waals surface area contributed by atoms with Gasteiger partial charge in [0.2, 0.25) is 0 Å². The highest BCUT2D eigenvalue weighted by atomic mass is 32.3. The molecule has 0 saturated heterocycles. The van der Waals surface area contributed by atoms with Crippen LogP contribution >= 0.6 is 0 Å². The molecule has 0 bridgehead atoms. The molecule has 0 heterocycles. The zero-order valence-electron chi connectivity index (χ0n) is 14.4. The summed E-state index contributed by atoms with van der Waals surface area (Å²) in [5.74, 6) is -0.218. The Morgan fingerprint density at radius 1 is 0.750 bits per heavy atom. The SMILES string of the molecule is O=S(=O)(O)Oc1c(N=Nc2c(O)ccc3ccccc23)ccc2ccccc12. The van der Waals surface area contributed by atoms with Crippen molar-refractivity contribution in [2.45, 2.75) is 0 Å². The summed E-state index contributed by atoms with van der Waals surface area (Å²) in [6.07, 6.45) is 0. The number of hydrogen-bond donors (Lipinski definition) is 2. The number of phenols is 1. The maximum atomic E-state index is 11.3. The van der Waals surface area contributed by atoms with Gasteiger partial charge in [0.25, 0.3) is 0 Å². The molecule has 4 rings (SSSR count). The molecule has 0 saturated carbocycles. The Kier molecular flexibility index (Phi) is 4.42. The molecule has 4 aromatic carbocycles. The largest absolute Gasteiger partial charge is 0.506 e. The first-order chi connectivity index (χ1) is 13.4. The van der Waals surface area contributed by atoms with Crippen LogP contribution in [0.5, 0.6) is 11.5 Å². The second kappa shape index (κ2) is 6.91. The highest BCUT2D eigenvalue weighted by Gasteiger charge is 2.16. The van der Waals surface area contributed by atoms with Gasteiger partial charge in [0.1, 0.15) is 17.1 Å². The molecule has 0 aliphatic rings. The van der Waals surface area contributed by atoms with Crippen molar-refractivity contribution >= 4 is 43.3 Å². The standard InChI is InChI=1S/C20H14N2O5S/c23-18-12-10-13-5-1-3-7-15(13)19(18)22-21-17-11-9-14-6-2-4-8-16(14)20(17)27-28(24,25)26/h1-12,23H,(H,24,25,26). The molecule has 4 aromatic rings. The molecule has 0 fully saturated rings. The first-order valence-electron chi connectivity index (χ1n) is 8.23. The Morgan fingerprint density at radius 3 is 2.07 bits per heavy atom. The Labute approximate surface area is 160 Å². The second-order valence-electron chi connectivity index (χ2n) is 6.00. The average molecular weight is 394 g/mol. The predicted molar refractivity (Wildman–Crippen MR) is 106 cm³/mol. The van der Waals surface area contributed by atoms with Gasteiger partial charge in [-0.2, -0.15) is 8.42 Å². The van der Waals surface area contributed by atoms with Gasteiger partial charge < -0.3 is 9.29 Å². The van der Waals surface area contributed by atoms with Gasteiger partial charge in [-0.1, -0.05) is 60.7 Å². The topological polar surface area (TPSA) is 109 Å². The van der Waals surface area contributed by atoms with Gasteiger partial charge in [0, 0.05) is 10.8 Å². The first kappa shape index (κ1) is 17.9. The maximum absolute atomic E-state index is 11.3. The van der Waals surface area contributed by atoms with Crippen molar-refractivity contribution in [1.29, 1.82) is 0 Å². The molecule has 0 aliphatic heterocycles. The summed E-state index contributed by atoms with van der Waals surface area (Å²) in [6.45, 7) is 0. The normalized spacial score (nSPS) is 12.0. The third-order valence-corrected chi connectivity index (χ3v) is 4.56. The van der Waals surface area contributed by atoms with Crippen molar-refractivity contribution in [2.24, 2.45) is 10.2 Å². The van der Waals surface area contributed by atoms with E-state index in [0.29, 0.717) is 16.2 Å². The van der Waals surface area contributed by atoms with Crippen molar-refractivity contribution in [3.8, 4) is 11.5 Å². The molecule has 0 radical (unpaired) electrons. The van der Waals surface area contributed by atoms with Gasteiger partial charge in [-0.25, -0.2) is 0 Å². The van der Waals surface area contributed by atoms with E-state index in [-0.39, 0.29) is 22.9 Å². The molecule has 2 N–H and O–H groups in total. The van der Waals surface area contributed by atoms with E-state index >= 15 is 0 Å². The molecule has 0 atom stereocenters. The summed E-state index contributed by atoms with van der Waals surface area (Å²) in [6, 6.07) is 20.7. The third-order valence-electron chi connectivity index (χ3n) is 4.18. The van der Waals surface area contributed by atoms with E-state index in [1.54, 1.807) is 42.5 Å². The molecule has 140 valence electrons. The summed E-state index contributed by atoms with van der Waals surface area (Å²) in [5, 5.41) is 21.1. The van der Waals surface area contributed by atoms with E-state index in [9.17, 15) is 13.5 Å². The summed E-state index contributed by atoms with van der Waals surface area (Å²) < 4.78 is 36.6. The van der Waals surface area contributed by atoms with Crippen LogP contribution in [0.4, 0.5) is 11.4 Å². The number of azo groups is 1. The Balaban J connectivity index is 1.89. The number of hydrogen-bond acceptors (Lipinski definition) is 6. The lowest BCUT2D eigenvalue weighted by atomic mass is 10.1. The lowest BCUT2D eigenvalue weighted by Crippen LogP contribution is -2.07. The van der Waals surface area contributed by atoms with Crippen molar-refractivity contribution in [1.82, 2.24) is 0 Å². The van der Waals surface area contributed by atoms with Gasteiger partial charge in [0.05, 0.1) is 0 Å². The van der Waals surface area contributed by atoms with Crippen LogP contribution in [0.2, 0.25) is 0 Å². The van der Waals surface area contributed by atoms with Crippen molar-refractivity contribution in [3.63, 3.8) is 0 Å². The zero-order valence-corrected chi connectivity index (χ0v) is 15.2. The highest BCUT2D eigenvalue weighted by molar-refractivity contribution is 7.81. The molecular weight excluding hydrogens is 380 g/mol. The molecule has 28 heavy (non-hydrogen) atoms. The van der Waals surface area contributed by atoms with Crippen LogP contribution < -0.4 is 4.18 Å². The minimum atomic E-state index is -4.77. The zero-order chi connectivity index (χ0) is 19.7. The number of rotatable bonds is 4. The molecule has 0 spiro atoms. The molecule has 0 aliphatic carbocycles. The summed E-state index contributed by atoms with van der Waals surface area (Å²) in [4.78, 5) is 0. The smallest absolute Gasteiger partial charge is 0.446 e. The third kappa shape index (κ3) is 3.51. The number of fused-ring (bicyclic) bond motifs is 2. The lowest BCUT2D eigenvalue weighted by Gasteiger charge is -2.09. The van der Waals surface area contributed by atoms with Gasteiger partial charge in [-0.3, -0.25) is 4.55 Å².